The van der Waals surface area contributed by atoms with Crippen molar-refractivity contribution in [3.8, 4) is 0 Å². The van der Waals surface area contributed by atoms with Crippen LogP contribution in [0.2, 0.25) is 0 Å². The molecule has 0 unspecified atom stereocenters. The quantitative estimate of drug-likeness (QED) is 0.793. The summed E-state index contributed by atoms with van der Waals surface area (Å²) in [5.41, 5.74) is 1.34. The summed E-state index contributed by atoms with van der Waals surface area (Å²) in [6.45, 7) is 10.5. The zero-order valence-corrected chi connectivity index (χ0v) is 15.6. The summed E-state index contributed by atoms with van der Waals surface area (Å²) < 4.78 is 0. The van der Waals surface area contributed by atoms with Crippen LogP contribution in [0.25, 0.3) is 0 Å². The number of pyridine rings is 1. The number of carbonyl (C=O) groups is 1. The van der Waals surface area contributed by atoms with Crippen molar-refractivity contribution < 1.29 is 4.79 Å². The Hall–Kier alpha value is -1.46. The molecular weight excluding hydrogens is 312 g/mol. The van der Waals surface area contributed by atoms with Crippen molar-refractivity contribution in [2.75, 3.05) is 45.8 Å². The van der Waals surface area contributed by atoms with Gasteiger partial charge in [0.2, 0.25) is 5.91 Å². The van der Waals surface area contributed by atoms with E-state index in [9.17, 15) is 4.79 Å². The Bertz CT molecular complexity index is 520. The molecule has 5 nitrogen and oxygen atoms in total. The highest BCUT2D eigenvalue weighted by atomic mass is 16.2. The number of carbonyl (C=O) groups excluding carboxylic acids is 1. The number of amides is 1. The van der Waals surface area contributed by atoms with Crippen LogP contribution in [0.5, 0.6) is 0 Å². The van der Waals surface area contributed by atoms with Crippen LogP contribution in [0.3, 0.4) is 0 Å². The third-order valence-corrected chi connectivity index (χ3v) is 5.80. The van der Waals surface area contributed by atoms with Gasteiger partial charge in [-0.15, -0.1) is 0 Å². The molecule has 0 N–H and O–H groups in total. The van der Waals surface area contributed by atoms with Crippen LogP contribution >= 0.6 is 0 Å². The van der Waals surface area contributed by atoms with Gasteiger partial charge in [-0.2, -0.15) is 0 Å². The summed E-state index contributed by atoms with van der Waals surface area (Å²) in [5.74, 6) is 1.09. The normalized spacial score (nSPS) is 20.8. The molecule has 5 heteroatoms. The van der Waals surface area contributed by atoms with Crippen LogP contribution < -0.4 is 0 Å². The van der Waals surface area contributed by atoms with E-state index in [-0.39, 0.29) is 0 Å². The summed E-state index contributed by atoms with van der Waals surface area (Å²) in [7, 11) is 0. The molecule has 0 atom stereocenters. The predicted octanol–water partition coefficient (Wildman–Crippen LogP) is 2.24. The Morgan fingerprint density at radius 1 is 1.04 bits per heavy atom. The average molecular weight is 345 g/mol. The van der Waals surface area contributed by atoms with Gasteiger partial charge in [-0.05, 0) is 62.5 Å². The van der Waals surface area contributed by atoms with Crippen LogP contribution in [0.4, 0.5) is 0 Å². The largest absolute Gasteiger partial charge is 0.340 e. The average Bonchev–Trinajstić information content (AvgIpc) is 2.68. The van der Waals surface area contributed by atoms with E-state index in [1.807, 2.05) is 12.4 Å². The maximum atomic E-state index is 12.4. The maximum Gasteiger partial charge on any atom is 0.222 e. The minimum absolute atomic E-state index is 0.370. The van der Waals surface area contributed by atoms with Crippen molar-refractivity contribution in [1.82, 2.24) is 19.7 Å². The van der Waals surface area contributed by atoms with E-state index in [4.69, 9.17) is 0 Å². The van der Waals surface area contributed by atoms with E-state index in [0.29, 0.717) is 5.91 Å². The lowest BCUT2D eigenvalue weighted by Crippen LogP contribution is -2.48. The number of nitrogens with zero attached hydrogens (tertiary/aromatic N) is 4. The number of hydrogen-bond donors (Lipinski definition) is 0. The monoisotopic (exact) mass is 344 g/mol. The minimum atomic E-state index is 0.370. The number of aromatic nitrogens is 1. The maximum absolute atomic E-state index is 12.4. The molecule has 3 heterocycles. The van der Waals surface area contributed by atoms with Crippen LogP contribution in [0.1, 0.15) is 38.2 Å². The number of piperazine rings is 1. The van der Waals surface area contributed by atoms with Gasteiger partial charge in [-0.3, -0.25) is 14.7 Å². The van der Waals surface area contributed by atoms with E-state index < -0.39 is 0 Å². The van der Waals surface area contributed by atoms with Crippen LogP contribution in [0.15, 0.2) is 24.5 Å². The van der Waals surface area contributed by atoms with Crippen molar-refractivity contribution in [2.45, 2.75) is 39.2 Å². The van der Waals surface area contributed by atoms with Gasteiger partial charge >= 0.3 is 0 Å². The van der Waals surface area contributed by atoms with E-state index in [2.05, 4.69) is 38.7 Å². The Kier molecular flexibility index (Phi) is 6.82. The van der Waals surface area contributed by atoms with Gasteiger partial charge in [0, 0.05) is 51.5 Å². The smallest absolute Gasteiger partial charge is 0.222 e. The van der Waals surface area contributed by atoms with Crippen molar-refractivity contribution in [3.63, 3.8) is 0 Å². The zero-order valence-electron chi connectivity index (χ0n) is 15.6. The lowest BCUT2D eigenvalue weighted by atomic mass is 9.91. The summed E-state index contributed by atoms with van der Waals surface area (Å²) >= 11 is 0. The summed E-state index contributed by atoms with van der Waals surface area (Å²) in [6, 6.07) is 4.20. The first-order valence-electron chi connectivity index (χ1n) is 9.86. The molecule has 1 aromatic heterocycles. The van der Waals surface area contributed by atoms with Crippen LogP contribution in [-0.4, -0.2) is 71.4 Å². The zero-order chi connectivity index (χ0) is 17.5. The summed E-state index contributed by atoms with van der Waals surface area (Å²) in [4.78, 5) is 23.5. The molecule has 25 heavy (non-hydrogen) atoms. The molecule has 2 fully saturated rings. The van der Waals surface area contributed by atoms with Gasteiger partial charge < -0.3 is 9.80 Å². The Morgan fingerprint density at radius 3 is 2.36 bits per heavy atom. The molecule has 0 aliphatic carbocycles. The van der Waals surface area contributed by atoms with Crippen molar-refractivity contribution in [3.05, 3.63) is 30.1 Å². The highest BCUT2D eigenvalue weighted by molar-refractivity contribution is 5.76. The molecule has 2 saturated heterocycles. The topological polar surface area (TPSA) is 39.7 Å². The molecule has 0 aromatic carbocycles. The van der Waals surface area contributed by atoms with Gasteiger partial charge in [0.25, 0.3) is 0 Å². The Morgan fingerprint density at radius 2 is 1.72 bits per heavy atom. The second-order valence-electron chi connectivity index (χ2n) is 7.43. The number of hydrogen-bond acceptors (Lipinski definition) is 4. The highest BCUT2D eigenvalue weighted by Crippen LogP contribution is 2.23. The number of likely N-dealkylation sites (tertiary alicyclic amines) is 1. The molecular formula is C20H32N4O. The van der Waals surface area contributed by atoms with Gasteiger partial charge in [0.05, 0.1) is 0 Å². The molecule has 1 amide bonds. The third-order valence-electron chi connectivity index (χ3n) is 5.80. The standard InChI is InChI=1S/C20H32N4O/c1-2-22-13-15-24(16-14-22)20(25)4-3-18-7-11-23(12-8-18)17-19-5-9-21-10-6-19/h5-6,9-10,18H,2-4,7-8,11-17H2,1H3. The molecule has 2 aliphatic heterocycles. The van der Waals surface area contributed by atoms with Crippen molar-refractivity contribution in [2.24, 2.45) is 5.92 Å². The fourth-order valence-electron chi connectivity index (χ4n) is 3.98. The summed E-state index contributed by atoms with van der Waals surface area (Å²) in [5, 5.41) is 0. The minimum Gasteiger partial charge on any atom is -0.340 e. The summed E-state index contributed by atoms with van der Waals surface area (Å²) in [6.07, 6.45) is 7.99. The number of rotatable bonds is 6. The fraction of sp³-hybridized carbons (Fsp3) is 0.700. The predicted molar refractivity (Wildman–Crippen MR) is 100 cm³/mol. The molecule has 0 radical (unpaired) electrons. The first-order valence-corrected chi connectivity index (χ1v) is 9.86. The van der Waals surface area contributed by atoms with Crippen molar-refractivity contribution in [1.29, 1.82) is 0 Å². The second-order valence-corrected chi connectivity index (χ2v) is 7.43. The number of likely N-dealkylation sites (N-methyl/N-ethyl adjacent to an activating group) is 1. The third kappa shape index (κ3) is 5.51. The van der Waals surface area contributed by atoms with Crippen molar-refractivity contribution >= 4 is 5.91 Å². The molecule has 0 bridgehead atoms. The molecule has 3 rings (SSSR count). The molecule has 0 saturated carbocycles. The fourth-order valence-corrected chi connectivity index (χ4v) is 3.98. The number of piperidine rings is 1. The van der Waals surface area contributed by atoms with E-state index in [0.717, 1.165) is 71.1 Å². The lowest BCUT2D eigenvalue weighted by Gasteiger charge is -2.35. The van der Waals surface area contributed by atoms with E-state index >= 15 is 0 Å². The first-order chi connectivity index (χ1) is 12.2. The van der Waals surface area contributed by atoms with E-state index in [1.165, 1.54) is 18.4 Å². The first kappa shape index (κ1) is 18.3. The van der Waals surface area contributed by atoms with Gasteiger partial charge in [-0.1, -0.05) is 6.92 Å². The van der Waals surface area contributed by atoms with E-state index in [1.54, 1.807) is 0 Å². The SMILES string of the molecule is CCN1CCN(C(=O)CCC2CCN(Cc3ccncc3)CC2)CC1. The van der Waals surface area contributed by atoms with Gasteiger partial charge in [0.1, 0.15) is 0 Å². The Labute approximate surface area is 152 Å². The van der Waals surface area contributed by atoms with Gasteiger partial charge in [-0.25, -0.2) is 0 Å². The Balaban J connectivity index is 1.33. The second kappa shape index (κ2) is 9.30. The van der Waals surface area contributed by atoms with Crippen LogP contribution in [0, 0.1) is 5.92 Å². The molecule has 138 valence electrons. The highest BCUT2D eigenvalue weighted by Gasteiger charge is 2.23. The van der Waals surface area contributed by atoms with Gasteiger partial charge in [0.15, 0.2) is 0 Å². The van der Waals surface area contributed by atoms with Crippen LogP contribution in [-0.2, 0) is 11.3 Å². The lowest BCUT2D eigenvalue weighted by molar-refractivity contribution is -0.133. The molecule has 2 aliphatic rings. The molecule has 0 spiro atoms. The molecule has 1 aromatic rings.